The number of benzene rings is 4. The van der Waals surface area contributed by atoms with Crippen molar-refractivity contribution in [2.24, 2.45) is 5.92 Å². The molecule has 1 aliphatic heterocycles. The van der Waals surface area contributed by atoms with E-state index in [1.165, 1.54) is 6.07 Å². The third kappa shape index (κ3) is 10.5. The van der Waals surface area contributed by atoms with E-state index >= 15 is 0 Å². The lowest BCUT2D eigenvalue weighted by Crippen LogP contribution is -2.41. The second kappa shape index (κ2) is 17.7. The minimum absolute atomic E-state index is 0. The van der Waals surface area contributed by atoms with Crippen molar-refractivity contribution in [3.8, 4) is 5.75 Å². The summed E-state index contributed by atoms with van der Waals surface area (Å²) in [7, 11) is 0. The molecule has 0 aromatic heterocycles. The van der Waals surface area contributed by atoms with Crippen molar-refractivity contribution in [1.82, 2.24) is 9.80 Å². The van der Waals surface area contributed by atoms with Crippen molar-refractivity contribution in [2.75, 3.05) is 46.0 Å². The maximum Gasteiger partial charge on any atom is 0.417 e. The molecule has 1 atom stereocenters. The maximum atomic E-state index is 13.7. The summed E-state index contributed by atoms with van der Waals surface area (Å²) in [6.07, 6.45) is -4.25. The number of amides is 1. The molecule has 0 unspecified atom stereocenters. The molecule has 4 aromatic rings. The fraction of sp³-hybridized carbons (Fsp3) is 0.342. The van der Waals surface area contributed by atoms with Gasteiger partial charge in [-0.2, -0.15) is 13.2 Å². The number of carbonyl (C=O) groups excluding carboxylic acids is 1. The van der Waals surface area contributed by atoms with Gasteiger partial charge in [-0.1, -0.05) is 103 Å². The van der Waals surface area contributed by atoms with Crippen molar-refractivity contribution in [1.29, 1.82) is 0 Å². The van der Waals surface area contributed by atoms with Gasteiger partial charge in [-0.05, 0) is 40.5 Å². The number of hydrogen-bond donors (Lipinski definition) is 0. The first kappa shape index (κ1) is 37.3. The molecule has 10 heteroatoms. The molecule has 5 nitrogen and oxygen atoms in total. The molecule has 0 radical (unpaired) electrons. The number of rotatable bonds is 13. The van der Waals surface area contributed by atoms with E-state index in [1.807, 2.05) is 65.6 Å². The van der Waals surface area contributed by atoms with Crippen LogP contribution in [-0.2, 0) is 28.7 Å². The summed E-state index contributed by atoms with van der Waals surface area (Å²) in [5.74, 6) is 0.735. The summed E-state index contributed by atoms with van der Waals surface area (Å²) in [6.45, 7) is 6.11. The second-order valence-corrected chi connectivity index (χ2v) is 12.5. The van der Waals surface area contributed by atoms with Gasteiger partial charge in [-0.3, -0.25) is 9.69 Å². The van der Waals surface area contributed by atoms with Gasteiger partial charge in [0, 0.05) is 44.6 Å². The third-order valence-corrected chi connectivity index (χ3v) is 8.79. The molecular weight excluding hydrogens is 660 g/mol. The molecular formula is C38H41Cl2F3N2O3. The highest BCUT2D eigenvalue weighted by Crippen LogP contribution is 2.37. The molecule has 1 fully saturated rings. The summed E-state index contributed by atoms with van der Waals surface area (Å²) in [5.41, 5.74) is 2.70. The molecule has 1 heterocycles. The average Bonchev–Trinajstić information content (AvgIpc) is 3.08. The van der Waals surface area contributed by atoms with Gasteiger partial charge >= 0.3 is 6.18 Å². The summed E-state index contributed by atoms with van der Waals surface area (Å²) in [6, 6.07) is 31.9. The number of hydrogen-bond acceptors (Lipinski definition) is 4. The number of morpholine rings is 1. The van der Waals surface area contributed by atoms with Crippen LogP contribution < -0.4 is 4.74 Å². The van der Waals surface area contributed by atoms with E-state index in [9.17, 15) is 18.0 Å². The first-order valence-electron chi connectivity index (χ1n) is 15.9. The van der Waals surface area contributed by atoms with Gasteiger partial charge in [0.25, 0.3) is 0 Å². The Balaban J connectivity index is 0.00000520. The van der Waals surface area contributed by atoms with Gasteiger partial charge in [0.15, 0.2) is 0 Å². The average molecular weight is 702 g/mol. The van der Waals surface area contributed by atoms with Crippen LogP contribution in [0.1, 0.15) is 40.7 Å². The molecule has 48 heavy (non-hydrogen) atoms. The topological polar surface area (TPSA) is 42.0 Å². The number of halogens is 5. The summed E-state index contributed by atoms with van der Waals surface area (Å²) in [5, 5.41) is -0.270. The highest BCUT2D eigenvalue weighted by atomic mass is 35.5. The molecule has 1 aliphatic rings. The molecule has 1 saturated heterocycles. The van der Waals surface area contributed by atoms with Crippen molar-refractivity contribution in [3.63, 3.8) is 0 Å². The monoisotopic (exact) mass is 700 g/mol. The fourth-order valence-electron chi connectivity index (χ4n) is 5.97. The standard InChI is InChI=1S/C38H40ClF3N2O3.ClH/c1-28(27-47-33-16-8-10-29(22-33)23-36(45)44-18-20-46-21-19-44)24-43(25-32-15-9-17-35(37(32)39)38(40,41)42)26-34(30-11-4-2-5-12-30)31-13-6-3-7-14-31;/h2-17,22,28,34H,18-21,23-27H2,1H3;1H/t28-;/m1./s1. The molecule has 1 amide bonds. The molecule has 256 valence electrons. The Hall–Kier alpha value is -3.56. The fourth-order valence-corrected chi connectivity index (χ4v) is 6.27. The Morgan fingerprint density at radius 2 is 1.52 bits per heavy atom. The summed E-state index contributed by atoms with van der Waals surface area (Å²) >= 11 is 6.38. The Morgan fingerprint density at radius 3 is 2.15 bits per heavy atom. The SMILES string of the molecule is C[C@@H](COc1cccc(CC(=O)N2CCOCC2)c1)CN(Cc1cccc(C(F)(F)F)c1Cl)CC(c1ccccc1)c1ccccc1.Cl. The van der Waals surface area contributed by atoms with Gasteiger partial charge in [0.2, 0.25) is 5.91 Å². The number of nitrogens with zero attached hydrogens (tertiary/aromatic N) is 2. The van der Waals surface area contributed by atoms with Crippen LogP contribution in [0, 0.1) is 5.92 Å². The van der Waals surface area contributed by atoms with Crippen LogP contribution >= 0.6 is 24.0 Å². The molecule has 0 spiro atoms. The van der Waals surface area contributed by atoms with Crippen LogP contribution in [0.2, 0.25) is 5.02 Å². The highest BCUT2D eigenvalue weighted by molar-refractivity contribution is 6.32. The lowest BCUT2D eigenvalue weighted by atomic mass is 9.90. The molecule has 0 saturated carbocycles. The van der Waals surface area contributed by atoms with E-state index in [0.29, 0.717) is 63.7 Å². The summed E-state index contributed by atoms with van der Waals surface area (Å²) in [4.78, 5) is 16.7. The predicted molar refractivity (Wildman–Crippen MR) is 186 cm³/mol. The molecule has 0 bridgehead atoms. The van der Waals surface area contributed by atoms with Crippen LogP contribution in [0.4, 0.5) is 13.2 Å². The first-order valence-corrected chi connectivity index (χ1v) is 16.3. The van der Waals surface area contributed by atoms with Gasteiger partial charge in [0.05, 0.1) is 36.8 Å². The zero-order chi connectivity index (χ0) is 33.2. The zero-order valence-electron chi connectivity index (χ0n) is 26.9. The van der Waals surface area contributed by atoms with E-state index in [0.717, 1.165) is 22.8 Å². The smallest absolute Gasteiger partial charge is 0.417 e. The number of alkyl halides is 3. The van der Waals surface area contributed by atoms with Crippen molar-refractivity contribution < 1.29 is 27.4 Å². The highest BCUT2D eigenvalue weighted by Gasteiger charge is 2.34. The predicted octanol–water partition coefficient (Wildman–Crippen LogP) is 8.53. The van der Waals surface area contributed by atoms with Crippen molar-refractivity contribution in [3.05, 3.63) is 136 Å². The number of carbonyl (C=O) groups is 1. The van der Waals surface area contributed by atoms with Gasteiger partial charge < -0.3 is 14.4 Å². The Morgan fingerprint density at radius 1 is 0.896 bits per heavy atom. The minimum Gasteiger partial charge on any atom is -0.493 e. The molecule has 0 N–H and O–H groups in total. The van der Waals surface area contributed by atoms with E-state index in [2.05, 4.69) is 36.1 Å². The van der Waals surface area contributed by atoms with Crippen LogP contribution in [0.15, 0.2) is 103 Å². The second-order valence-electron chi connectivity index (χ2n) is 12.1. The van der Waals surface area contributed by atoms with Crippen molar-refractivity contribution >= 4 is 29.9 Å². The van der Waals surface area contributed by atoms with E-state index in [4.69, 9.17) is 21.1 Å². The van der Waals surface area contributed by atoms with E-state index < -0.39 is 11.7 Å². The third-order valence-electron chi connectivity index (χ3n) is 8.34. The van der Waals surface area contributed by atoms with Crippen molar-refractivity contribution in [2.45, 2.75) is 32.0 Å². The van der Waals surface area contributed by atoms with E-state index in [1.54, 1.807) is 6.07 Å². The molecule has 5 rings (SSSR count). The van der Waals surface area contributed by atoms with Crippen LogP contribution in [0.25, 0.3) is 0 Å². The summed E-state index contributed by atoms with van der Waals surface area (Å²) < 4.78 is 52.8. The lowest BCUT2D eigenvalue weighted by Gasteiger charge is -2.31. The maximum absolute atomic E-state index is 13.7. The van der Waals surface area contributed by atoms with Crippen LogP contribution in [0.5, 0.6) is 5.75 Å². The van der Waals surface area contributed by atoms with Crippen LogP contribution in [0.3, 0.4) is 0 Å². The van der Waals surface area contributed by atoms with Gasteiger partial charge in [-0.15, -0.1) is 12.4 Å². The molecule has 0 aliphatic carbocycles. The zero-order valence-corrected chi connectivity index (χ0v) is 28.4. The van der Waals surface area contributed by atoms with Crippen LogP contribution in [-0.4, -0.2) is 61.7 Å². The normalized spacial score (nSPS) is 14.1. The van der Waals surface area contributed by atoms with Gasteiger partial charge in [0.1, 0.15) is 5.75 Å². The Bertz CT molecular complexity index is 1550. The number of ether oxygens (including phenoxy) is 2. The first-order chi connectivity index (χ1) is 22.7. The largest absolute Gasteiger partial charge is 0.493 e. The Kier molecular flexibility index (Phi) is 13.8. The molecule has 4 aromatic carbocycles. The minimum atomic E-state index is -4.54. The van der Waals surface area contributed by atoms with E-state index in [-0.39, 0.29) is 41.7 Å². The quantitative estimate of drug-likeness (QED) is 0.140. The lowest BCUT2D eigenvalue weighted by molar-refractivity contribution is -0.137. The Labute approximate surface area is 292 Å². The van der Waals surface area contributed by atoms with Gasteiger partial charge in [-0.25, -0.2) is 0 Å².